The average Bonchev–Trinajstić information content (AvgIpc) is 3.06. The van der Waals surface area contributed by atoms with Crippen LogP contribution < -0.4 is 15.4 Å². The van der Waals surface area contributed by atoms with Gasteiger partial charge in [0.1, 0.15) is 10.6 Å². The van der Waals surface area contributed by atoms with Gasteiger partial charge in [-0.3, -0.25) is 9.59 Å². The predicted molar refractivity (Wildman–Crippen MR) is 118 cm³/mol. The molecule has 0 aliphatic carbocycles. The molecule has 6 nitrogen and oxygen atoms in total. The van der Waals surface area contributed by atoms with E-state index in [2.05, 4.69) is 21.7 Å². The number of fused-ring (bicyclic) bond motifs is 1. The normalized spacial score (nSPS) is 15.1. The summed E-state index contributed by atoms with van der Waals surface area (Å²) in [6.07, 6.45) is 0.699. The Balaban J connectivity index is 1.62. The summed E-state index contributed by atoms with van der Waals surface area (Å²) in [5, 5.41) is 6.85. The van der Waals surface area contributed by atoms with Crippen molar-refractivity contribution >= 4 is 28.8 Å². The van der Waals surface area contributed by atoms with E-state index in [4.69, 9.17) is 4.74 Å². The molecular formula is C23H23N3O3S. The number of ether oxygens (including phenoxy) is 1. The van der Waals surface area contributed by atoms with E-state index in [1.54, 1.807) is 0 Å². The number of carbonyl (C=O) groups excluding carboxylic acids is 2. The molecule has 2 heterocycles. The van der Waals surface area contributed by atoms with Gasteiger partial charge in [-0.2, -0.15) is 0 Å². The molecule has 30 heavy (non-hydrogen) atoms. The molecule has 4 rings (SSSR count). The smallest absolute Gasteiger partial charge is 0.263 e. The molecule has 1 aliphatic heterocycles. The Labute approximate surface area is 179 Å². The van der Waals surface area contributed by atoms with Crippen LogP contribution in [0.25, 0.3) is 11.1 Å². The number of carbonyl (C=O) groups is 2. The third-order valence-corrected chi connectivity index (χ3v) is 6.05. The van der Waals surface area contributed by atoms with E-state index >= 15 is 0 Å². The number of amides is 2. The molecule has 1 aliphatic rings. The third-order valence-electron chi connectivity index (χ3n) is 4.98. The zero-order valence-electron chi connectivity index (χ0n) is 17.1. The minimum absolute atomic E-state index is 0.103. The quantitative estimate of drug-likeness (QED) is 0.643. The van der Waals surface area contributed by atoms with Crippen molar-refractivity contribution in [3.05, 3.63) is 63.6 Å². The molecule has 0 radical (unpaired) electrons. The van der Waals surface area contributed by atoms with Gasteiger partial charge in [-0.1, -0.05) is 18.2 Å². The first-order valence-electron chi connectivity index (χ1n) is 9.80. The lowest BCUT2D eigenvalue weighted by molar-refractivity contribution is -0.114. The van der Waals surface area contributed by atoms with Gasteiger partial charge >= 0.3 is 0 Å². The van der Waals surface area contributed by atoms with Crippen molar-refractivity contribution in [2.75, 3.05) is 11.9 Å². The summed E-state index contributed by atoms with van der Waals surface area (Å²) < 4.78 is 5.82. The molecule has 0 fully saturated rings. The number of benzene rings is 2. The Morgan fingerprint density at radius 2 is 1.93 bits per heavy atom. The van der Waals surface area contributed by atoms with Gasteiger partial charge in [-0.05, 0) is 49.2 Å². The predicted octanol–water partition coefficient (Wildman–Crippen LogP) is 4.64. The fourth-order valence-electron chi connectivity index (χ4n) is 3.67. The lowest BCUT2D eigenvalue weighted by Gasteiger charge is -2.27. The SMILES string of the molecule is CC(=O)Nc1cccc(-c2ccc3c(c2)C(NC(=O)c2sc(C)nc2C)CCO3)c1. The van der Waals surface area contributed by atoms with E-state index in [1.807, 2.05) is 50.2 Å². The number of nitrogens with one attached hydrogen (secondary N) is 2. The van der Waals surface area contributed by atoms with Crippen LogP contribution in [0.4, 0.5) is 5.69 Å². The molecule has 1 atom stereocenters. The second-order valence-corrected chi connectivity index (χ2v) is 8.53. The van der Waals surface area contributed by atoms with E-state index in [1.165, 1.54) is 18.3 Å². The third kappa shape index (κ3) is 4.21. The van der Waals surface area contributed by atoms with Crippen LogP contribution in [0.1, 0.15) is 45.3 Å². The molecular weight excluding hydrogens is 398 g/mol. The summed E-state index contributed by atoms with van der Waals surface area (Å²) in [7, 11) is 0. The minimum Gasteiger partial charge on any atom is -0.493 e. The first kappa shape index (κ1) is 20.1. The van der Waals surface area contributed by atoms with Gasteiger partial charge in [0.15, 0.2) is 0 Å². The van der Waals surface area contributed by atoms with Gasteiger partial charge in [0.2, 0.25) is 5.91 Å². The van der Waals surface area contributed by atoms with Crippen molar-refractivity contribution in [3.63, 3.8) is 0 Å². The molecule has 0 saturated heterocycles. The van der Waals surface area contributed by atoms with Gasteiger partial charge in [0, 0.05) is 24.6 Å². The Hall–Kier alpha value is -3.19. The minimum atomic E-state index is -0.137. The Kier molecular flexibility index (Phi) is 5.55. The van der Waals surface area contributed by atoms with Gasteiger partial charge in [-0.25, -0.2) is 4.98 Å². The van der Waals surface area contributed by atoms with Gasteiger partial charge in [0.25, 0.3) is 5.91 Å². The zero-order chi connectivity index (χ0) is 21.3. The van der Waals surface area contributed by atoms with E-state index in [9.17, 15) is 9.59 Å². The maximum Gasteiger partial charge on any atom is 0.263 e. The van der Waals surface area contributed by atoms with Crippen molar-refractivity contribution in [1.82, 2.24) is 10.3 Å². The van der Waals surface area contributed by atoms with Crippen molar-refractivity contribution in [2.45, 2.75) is 33.2 Å². The van der Waals surface area contributed by atoms with Gasteiger partial charge in [-0.15, -0.1) is 11.3 Å². The highest BCUT2D eigenvalue weighted by Gasteiger charge is 2.25. The van der Waals surface area contributed by atoms with Crippen molar-refractivity contribution in [3.8, 4) is 16.9 Å². The fraction of sp³-hybridized carbons (Fsp3) is 0.261. The highest BCUT2D eigenvalue weighted by atomic mass is 32.1. The van der Waals surface area contributed by atoms with Crippen LogP contribution >= 0.6 is 11.3 Å². The summed E-state index contributed by atoms with van der Waals surface area (Å²) in [6.45, 7) is 5.80. The van der Waals surface area contributed by atoms with Crippen LogP contribution in [0.5, 0.6) is 5.75 Å². The Morgan fingerprint density at radius 1 is 1.13 bits per heavy atom. The lowest BCUT2D eigenvalue weighted by atomic mass is 9.95. The topological polar surface area (TPSA) is 80.3 Å². The first-order chi connectivity index (χ1) is 14.4. The molecule has 0 spiro atoms. The average molecular weight is 422 g/mol. The van der Waals surface area contributed by atoms with E-state index in [0.717, 1.165) is 38.8 Å². The standard InChI is InChI=1S/C23H23N3O3S/c1-13-22(30-15(3)24-13)23(28)26-20-9-10-29-21-8-7-17(12-19(20)21)16-5-4-6-18(11-16)25-14(2)27/h4-8,11-12,20H,9-10H2,1-3H3,(H,25,27)(H,26,28). The number of rotatable bonds is 4. The fourth-order valence-corrected chi connectivity index (χ4v) is 4.49. The van der Waals surface area contributed by atoms with E-state index < -0.39 is 0 Å². The second-order valence-electron chi connectivity index (χ2n) is 7.33. The molecule has 0 bridgehead atoms. The second kappa shape index (κ2) is 8.28. The molecule has 1 aromatic heterocycles. The van der Waals surface area contributed by atoms with Crippen molar-refractivity contribution < 1.29 is 14.3 Å². The Morgan fingerprint density at radius 3 is 2.67 bits per heavy atom. The lowest BCUT2D eigenvalue weighted by Crippen LogP contribution is -2.32. The van der Waals surface area contributed by atoms with E-state index in [-0.39, 0.29) is 17.9 Å². The van der Waals surface area contributed by atoms with Crippen LogP contribution in [-0.2, 0) is 4.79 Å². The maximum absolute atomic E-state index is 12.8. The molecule has 1 unspecified atom stereocenters. The zero-order valence-corrected chi connectivity index (χ0v) is 17.9. The molecule has 154 valence electrons. The van der Waals surface area contributed by atoms with Crippen LogP contribution in [0.3, 0.4) is 0 Å². The number of hydrogen-bond donors (Lipinski definition) is 2. The summed E-state index contributed by atoms with van der Waals surface area (Å²) in [4.78, 5) is 29.2. The molecule has 3 aromatic rings. The van der Waals surface area contributed by atoms with Gasteiger partial charge in [0.05, 0.1) is 23.4 Å². The first-order valence-corrected chi connectivity index (χ1v) is 10.6. The Bertz CT molecular complexity index is 1120. The molecule has 2 N–H and O–H groups in total. The summed E-state index contributed by atoms with van der Waals surface area (Å²) in [6, 6.07) is 13.5. The van der Waals surface area contributed by atoms with Crippen LogP contribution in [0.2, 0.25) is 0 Å². The number of anilines is 1. The number of hydrogen-bond acceptors (Lipinski definition) is 5. The molecule has 2 aromatic carbocycles. The summed E-state index contributed by atoms with van der Waals surface area (Å²) >= 11 is 1.41. The van der Waals surface area contributed by atoms with Gasteiger partial charge < -0.3 is 15.4 Å². The molecule has 7 heteroatoms. The number of thiazole rings is 1. The highest BCUT2D eigenvalue weighted by Crippen LogP contribution is 2.36. The summed E-state index contributed by atoms with van der Waals surface area (Å²) in [5.74, 6) is 0.571. The number of aromatic nitrogens is 1. The van der Waals surface area contributed by atoms with Crippen molar-refractivity contribution in [1.29, 1.82) is 0 Å². The maximum atomic E-state index is 12.8. The van der Waals surface area contributed by atoms with Crippen molar-refractivity contribution in [2.24, 2.45) is 0 Å². The molecule has 2 amide bonds. The van der Waals surface area contributed by atoms with E-state index in [0.29, 0.717) is 17.9 Å². The summed E-state index contributed by atoms with van der Waals surface area (Å²) in [5.41, 5.74) is 4.43. The highest BCUT2D eigenvalue weighted by molar-refractivity contribution is 7.13. The number of nitrogens with zero attached hydrogens (tertiary/aromatic N) is 1. The number of aryl methyl sites for hydroxylation is 2. The van der Waals surface area contributed by atoms with Crippen LogP contribution in [-0.4, -0.2) is 23.4 Å². The largest absolute Gasteiger partial charge is 0.493 e. The van der Waals surface area contributed by atoms with Crippen LogP contribution in [0, 0.1) is 13.8 Å². The monoisotopic (exact) mass is 421 g/mol. The van der Waals surface area contributed by atoms with Crippen LogP contribution in [0.15, 0.2) is 42.5 Å². The molecule has 0 saturated carbocycles.